The van der Waals surface area contributed by atoms with Crippen LogP contribution in [0.2, 0.25) is 0 Å². The van der Waals surface area contributed by atoms with Crippen molar-refractivity contribution >= 4 is 0 Å². The van der Waals surface area contributed by atoms with Crippen LogP contribution in [0.5, 0.6) is 0 Å². The van der Waals surface area contributed by atoms with E-state index in [1.807, 2.05) is 0 Å². The summed E-state index contributed by atoms with van der Waals surface area (Å²) in [7, 11) is 0. The third kappa shape index (κ3) is 2.46. The molecule has 1 aliphatic rings. The van der Waals surface area contributed by atoms with Gasteiger partial charge >= 0.3 is 0 Å². The number of hydrogen-bond donors (Lipinski definition) is 2. The van der Waals surface area contributed by atoms with Crippen molar-refractivity contribution in [2.75, 3.05) is 0 Å². The van der Waals surface area contributed by atoms with E-state index >= 15 is 0 Å². The van der Waals surface area contributed by atoms with Gasteiger partial charge in [0, 0.05) is 12.1 Å². The Balaban J connectivity index is 2.16. The maximum Gasteiger partial charge on any atom is 0.00707 e. The summed E-state index contributed by atoms with van der Waals surface area (Å²) in [5.41, 5.74) is 11.7. The fourth-order valence-corrected chi connectivity index (χ4v) is 1.80. The molecule has 0 saturated heterocycles. The summed E-state index contributed by atoms with van der Waals surface area (Å²) in [5.74, 6) is 1.44. The number of rotatable bonds is 3. The molecular weight excluding hydrogens is 136 g/mol. The Hall–Kier alpha value is -0.0800. The molecule has 0 spiro atoms. The summed E-state index contributed by atoms with van der Waals surface area (Å²) in [6.45, 7) is 4.44. The molecule has 0 aliphatic heterocycles. The van der Waals surface area contributed by atoms with Crippen molar-refractivity contribution in [3.63, 3.8) is 0 Å². The molecule has 0 bridgehead atoms. The SMILES string of the molecule is CC(C)CC(N)C1CC(N)C1. The van der Waals surface area contributed by atoms with E-state index in [4.69, 9.17) is 11.5 Å². The van der Waals surface area contributed by atoms with Crippen molar-refractivity contribution in [2.24, 2.45) is 23.3 Å². The summed E-state index contributed by atoms with van der Waals surface area (Å²) in [6, 6.07) is 0.841. The first kappa shape index (κ1) is 9.01. The van der Waals surface area contributed by atoms with E-state index < -0.39 is 0 Å². The van der Waals surface area contributed by atoms with Crippen LogP contribution in [0.4, 0.5) is 0 Å². The van der Waals surface area contributed by atoms with Gasteiger partial charge in [0.15, 0.2) is 0 Å². The highest BCUT2D eigenvalue weighted by Gasteiger charge is 2.30. The molecule has 1 atom stereocenters. The van der Waals surface area contributed by atoms with E-state index in [2.05, 4.69) is 13.8 Å². The van der Waals surface area contributed by atoms with Gasteiger partial charge in [-0.25, -0.2) is 0 Å². The smallest absolute Gasteiger partial charge is 0.00707 e. The Labute approximate surface area is 69.3 Å². The molecule has 4 N–H and O–H groups in total. The van der Waals surface area contributed by atoms with E-state index in [1.165, 1.54) is 0 Å². The van der Waals surface area contributed by atoms with Gasteiger partial charge in [-0.05, 0) is 31.1 Å². The van der Waals surface area contributed by atoms with Gasteiger partial charge in [0.1, 0.15) is 0 Å². The zero-order valence-corrected chi connectivity index (χ0v) is 7.59. The summed E-state index contributed by atoms with van der Waals surface area (Å²) in [5, 5.41) is 0. The van der Waals surface area contributed by atoms with Crippen LogP contribution in [-0.2, 0) is 0 Å². The zero-order chi connectivity index (χ0) is 8.43. The first-order valence-electron chi connectivity index (χ1n) is 4.60. The lowest BCUT2D eigenvalue weighted by Crippen LogP contribution is -2.46. The van der Waals surface area contributed by atoms with E-state index in [1.54, 1.807) is 0 Å². The molecule has 1 aliphatic carbocycles. The highest BCUT2D eigenvalue weighted by Crippen LogP contribution is 2.30. The van der Waals surface area contributed by atoms with Crippen molar-refractivity contribution in [3.05, 3.63) is 0 Å². The van der Waals surface area contributed by atoms with Crippen molar-refractivity contribution in [1.82, 2.24) is 0 Å². The molecule has 2 nitrogen and oxygen atoms in total. The molecule has 1 rings (SSSR count). The van der Waals surface area contributed by atoms with E-state index in [-0.39, 0.29) is 0 Å². The predicted octanol–water partition coefficient (Wildman–Crippen LogP) is 1.10. The lowest BCUT2D eigenvalue weighted by molar-refractivity contribution is 0.205. The Kier molecular flexibility index (Phi) is 2.90. The Bertz CT molecular complexity index is 117. The minimum Gasteiger partial charge on any atom is -0.328 e. The minimum atomic E-state index is 0.398. The minimum absolute atomic E-state index is 0.398. The van der Waals surface area contributed by atoms with Crippen LogP contribution < -0.4 is 11.5 Å². The Morgan fingerprint density at radius 2 is 1.91 bits per heavy atom. The molecular formula is C9H20N2. The van der Waals surface area contributed by atoms with Crippen LogP contribution in [-0.4, -0.2) is 12.1 Å². The highest BCUT2D eigenvalue weighted by atomic mass is 14.7. The van der Waals surface area contributed by atoms with Crippen LogP contribution in [0.3, 0.4) is 0 Å². The van der Waals surface area contributed by atoms with Gasteiger partial charge in [0.2, 0.25) is 0 Å². The molecule has 1 saturated carbocycles. The normalized spacial score (nSPS) is 33.5. The monoisotopic (exact) mass is 156 g/mol. The summed E-state index contributed by atoms with van der Waals surface area (Å²) in [6.07, 6.45) is 3.44. The molecule has 0 aromatic rings. The molecule has 1 fully saturated rings. The fraction of sp³-hybridized carbons (Fsp3) is 1.00. The van der Waals surface area contributed by atoms with Crippen LogP contribution in [0.15, 0.2) is 0 Å². The first-order chi connectivity index (χ1) is 5.09. The lowest BCUT2D eigenvalue weighted by Gasteiger charge is -2.37. The van der Waals surface area contributed by atoms with Crippen LogP contribution in [0.1, 0.15) is 33.1 Å². The van der Waals surface area contributed by atoms with Crippen molar-refractivity contribution in [3.8, 4) is 0 Å². The Morgan fingerprint density at radius 1 is 1.36 bits per heavy atom. The van der Waals surface area contributed by atoms with Crippen molar-refractivity contribution < 1.29 is 0 Å². The lowest BCUT2D eigenvalue weighted by atomic mass is 9.74. The second kappa shape index (κ2) is 3.55. The third-order valence-corrected chi connectivity index (χ3v) is 2.56. The van der Waals surface area contributed by atoms with Gasteiger partial charge in [-0.1, -0.05) is 13.8 Å². The molecule has 66 valence electrons. The molecule has 0 heterocycles. The van der Waals surface area contributed by atoms with Gasteiger partial charge < -0.3 is 11.5 Å². The topological polar surface area (TPSA) is 52.0 Å². The van der Waals surface area contributed by atoms with Gasteiger partial charge in [-0.15, -0.1) is 0 Å². The summed E-state index contributed by atoms with van der Waals surface area (Å²) < 4.78 is 0. The van der Waals surface area contributed by atoms with Crippen LogP contribution in [0, 0.1) is 11.8 Å². The average molecular weight is 156 g/mol. The second-order valence-electron chi connectivity index (χ2n) is 4.28. The van der Waals surface area contributed by atoms with E-state index in [0.717, 1.165) is 25.2 Å². The third-order valence-electron chi connectivity index (χ3n) is 2.56. The molecule has 0 radical (unpaired) electrons. The summed E-state index contributed by atoms with van der Waals surface area (Å²) >= 11 is 0. The molecule has 0 amide bonds. The second-order valence-corrected chi connectivity index (χ2v) is 4.28. The van der Waals surface area contributed by atoms with Crippen molar-refractivity contribution in [2.45, 2.75) is 45.2 Å². The molecule has 0 aromatic heterocycles. The van der Waals surface area contributed by atoms with Gasteiger partial charge in [0.05, 0.1) is 0 Å². The molecule has 11 heavy (non-hydrogen) atoms. The van der Waals surface area contributed by atoms with Crippen LogP contribution in [0.25, 0.3) is 0 Å². The standard InChI is InChI=1S/C9H20N2/c1-6(2)3-9(11)7-4-8(10)5-7/h6-9H,3-5,10-11H2,1-2H3. The maximum absolute atomic E-state index is 5.99. The fourth-order valence-electron chi connectivity index (χ4n) is 1.80. The van der Waals surface area contributed by atoms with Gasteiger partial charge in [-0.3, -0.25) is 0 Å². The Morgan fingerprint density at radius 3 is 2.27 bits per heavy atom. The molecule has 2 heteroatoms. The quantitative estimate of drug-likeness (QED) is 0.643. The zero-order valence-electron chi connectivity index (χ0n) is 7.59. The number of hydrogen-bond acceptors (Lipinski definition) is 2. The predicted molar refractivity (Wildman–Crippen MR) is 48.1 cm³/mol. The van der Waals surface area contributed by atoms with E-state index in [9.17, 15) is 0 Å². The maximum atomic E-state index is 5.99. The average Bonchev–Trinajstić information content (AvgIpc) is 1.79. The van der Waals surface area contributed by atoms with Crippen molar-refractivity contribution in [1.29, 1.82) is 0 Å². The first-order valence-corrected chi connectivity index (χ1v) is 4.60. The largest absolute Gasteiger partial charge is 0.328 e. The summed E-state index contributed by atoms with van der Waals surface area (Å²) in [4.78, 5) is 0. The van der Waals surface area contributed by atoms with E-state index in [0.29, 0.717) is 18.0 Å². The van der Waals surface area contributed by atoms with Crippen LogP contribution >= 0.6 is 0 Å². The molecule has 1 unspecified atom stereocenters. The van der Waals surface area contributed by atoms with Gasteiger partial charge in [0.25, 0.3) is 0 Å². The highest BCUT2D eigenvalue weighted by molar-refractivity contribution is 4.88. The number of nitrogens with two attached hydrogens (primary N) is 2. The molecule has 0 aromatic carbocycles. The van der Waals surface area contributed by atoms with Gasteiger partial charge in [-0.2, -0.15) is 0 Å².